The Labute approximate surface area is 244 Å². The number of nitrogens with zero attached hydrogens (tertiary/aromatic N) is 5. The van der Waals surface area contributed by atoms with Gasteiger partial charge in [-0.15, -0.1) is 0 Å². The van der Waals surface area contributed by atoms with Crippen molar-refractivity contribution in [1.29, 1.82) is 0 Å². The lowest BCUT2D eigenvalue weighted by Gasteiger charge is -2.51. The van der Waals surface area contributed by atoms with E-state index in [4.69, 9.17) is 9.72 Å². The zero-order valence-corrected chi connectivity index (χ0v) is 25.1. The summed E-state index contributed by atoms with van der Waals surface area (Å²) in [4.78, 5) is 30.0. The lowest BCUT2D eigenvalue weighted by atomic mass is 9.84. The van der Waals surface area contributed by atoms with E-state index in [1.165, 1.54) is 18.4 Å². The van der Waals surface area contributed by atoms with Gasteiger partial charge in [0.05, 0.1) is 18.5 Å². The number of hydrogen-bond acceptors (Lipinski definition) is 8. The van der Waals surface area contributed by atoms with Crippen molar-refractivity contribution in [2.45, 2.75) is 89.3 Å². The van der Waals surface area contributed by atoms with Crippen LogP contribution in [0.2, 0.25) is 0 Å². The Bertz CT molecular complexity index is 1310. The predicted molar refractivity (Wildman–Crippen MR) is 165 cm³/mol. The van der Waals surface area contributed by atoms with Crippen LogP contribution in [0.4, 0.5) is 23.1 Å². The van der Waals surface area contributed by atoms with Gasteiger partial charge in [-0.2, -0.15) is 4.98 Å². The first-order valence-corrected chi connectivity index (χ1v) is 15.5. The van der Waals surface area contributed by atoms with Crippen LogP contribution in [0.1, 0.15) is 76.3 Å². The average molecular weight is 560 g/mol. The van der Waals surface area contributed by atoms with Crippen LogP contribution in [-0.4, -0.2) is 72.2 Å². The van der Waals surface area contributed by atoms with Gasteiger partial charge in [0.1, 0.15) is 17.0 Å². The van der Waals surface area contributed by atoms with Gasteiger partial charge in [0.25, 0.3) is 5.91 Å². The van der Waals surface area contributed by atoms with Gasteiger partial charge in [-0.25, -0.2) is 4.98 Å². The van der Waals surface area contributed by atoms with E-state index in [-0.39, 0.29) is 5.91 Å². The number of carbonyl (C=O) groups excluding carboxylic acids is 1. The molecule has 2 fully saturated rings. The van der Waals surface area contributed by atoms with E-state index in [1.54, 1.807) is 11.1 Å². The molecule has 41 heavy (non-hydrogen) atoms. The molecule has 1 amide bonds. The van der Waals surface area contributed by atoms with Crippen LogP contribution in [0.25, 0.3) is 5.70 Å². The topological polar surface area (TPSA) is 85.9 Å². The minimum Gasteiger partial charge on any atom is -0.491 e. The summed E-state index contributed by atoms with van der Waals surface area (Å²) in [5.41, 5.74) is 4.31. The van der Waals surface area contributed by atoms with Gasteiger partial charge in [-0.05, 0) is 64.7 Å². The summed E-state index contributed by atoms with van der Waals surface area (Å²) in [6.07, 6.45) is 10.9. The molecule has 6 rings (SSSR count). The Morgan fingerprint density at radius 3 is 2.56 bits per heavy atom. The van der Waals surface area contributed by atoms with Gasteiger partial charge in [-0.1, -0.05) is 39.3 Å². The third-order valence-electron chi connectivity index (χ3n) is 9.89. The molecule has 0 spiro atoms. The number of aromatic nitrogens is 2. The lowest BCUT2D eigenvalue weighted by Crippen LogP contribution is -2.65. The first-order valence-electron chi connectivity index (χ1n) is 15.5. The fourth-order valence-corrected chi connectivity index (χ4v) is 7.42. The van der Waals surface area contributed by atoms with E-state index in [1.807, 2.05) is 7.05 Å². The molecule has 1 saturated heterocycles. The molecular formula is C32H45N7O2. The van der Waals surface area contributed by atoms with Gasteiger partial charge >= 0.3 is 0 Å². The van der Waals surface area contributed by atoms with E-state index < -0.39 is 5.54 Å². The summed E-state index contributed by atoms with van der Waals surface area (Å²) >= 11 is 0. The van der Waals surface area contributed by atoms with Crippen molar-refractivity contribution >= 4 is 34.7 Å². The van der Waals surface area contributed by atoms with Gasteiger partial charge in [-0.3, -0.25) is 4.79 Å². The molecule has 220 valence electrons. The monoisotopic (exact) mass is 559 g/mol. The molecular weight excluding hydrogens is 514 g/mol. The van der Waals surface area contributed by atoms with Crippen LogP contribution in [0.15, 0.2) is 24.9 Å². The van der Waals surface area contributed by atoms with E-state index in [9.17, 15) is 4.79 Å². The number of amides is 1. The van der Waals surface area contributed by atoms with Crippen LogP contribution in [0.3, 0.4) is 0 Å². The number of hydrogen-bond donors (Lipinski definition) is 2. The van der Waals surface area contributed by atoms with Crippen molar-refractivity contribution in [2.24, 2.45) is 0 Å². The number of fused-ring (bicyclic) bond motifs is 2. The molecule has 1 aromatic carbocycles. The maximum atomic E-state index is 13.8. The number of likely N-dealkylation sites (N-methyl/N-ethyl adjacent to an activating group) is 1. The van der Waals surface area contributed by atoms with Crippen LogP contribution in [-0.2, 0) is 11.2 Å². The highest BCUT2D eigenvalue weighted by atomic mass is 16.5. The van der Waals surface area contributed by atoms with Crippen molar-refractivity contribution in [3.63, 3.8) is 0 Å². The summed E-state index contributed by atoms with van der Waals surface area (Å²) < 4.78 is 6.15. The quantitative estimate of drug-likeness (QED) is 0.463. The van der Waals surface area contributed by atoms with Crippen LogP contribution in [0.5, 0.6) is 5.75 Å². The molecule has 0 atom stereocenters. The molecule has 1 aliphatic carbocycles. The molecule has 1 saturated carbocycles. The number of ether oxygens (including phenoxy) is 1. The highest BCUT2D eigenvalue weighted by Gasteiger charge is 2.51. The maximum absolute atomic E-state index is 13.8. The Morgan fingerprint density at radius 1 is 1.12 bits per heavy atom. The lowest BCUT2D eigenvalue weighted by molar-refractivity contribution is -0.124. The number of rotatable bonds is 8. The SMILES string of the molecule is C=C(NC1CCN(C)CC1)c1ccc(Nc2ncc3c(n2)N(C2CCCC2)C(CC)(CC)C(=O)N3C)c2c1CCO2. The van der Waals surface area contributed by atoms with Crippen molar-refractivity contribution in [2.75, 3.05) is 48.9 Å². The normalized spacial score (nSPS) is 21.0. The van der Waals surface area contributed by atoms with Crippen LogP contribution in [0, 0.1) is 0 Å². The molecule has 9 heteroatoms. The molecule has 0 radical (unpaired) electrons. The highest BCUT2D eigenvalue weighted by Crippen LogP contribution is 2.46. The van der Waals surface area contributed by atoms with E-state index in [2.05, 4.69) is 65.0 Å². The second-order valence-electron chi connectivity index (χ2n) is 12.2. The highest BCUT2D eigenvalue weighted by molar-refractivity contribution is 6.07. The van der Waals surface area contributed by atoms with E-state index in [0.717, 1.165) is 92.2 Å². The Morgan fingerprint density at radius 2 is 1.85 bits per heavy atom. The molecule has 4 heterocycles. The minimum absolute atomic E-state index is 0.141. The van der Waals surface area contributed by atoms with E-state index >= 15 is 0 Å². The second kappa shape index (κ2) is 11.2. The molecule has 1 aromatic heterocycles. The molecule has 2 N–H and O–H groups in total. The first kappa shape index (κ1) is 27.8. The largest absolute Gasteiger partial charge is 0.491 e. The Hall–Kier alpha value is -3.33. The standard InChI is InChI=1S/C32H45N7O2/c1-6-32(7-2)30(40)38(5)27-20-33-31(36-29(27)39(32)23-10-8-9-11-23)35-26-13-12-24(25-16-19-41-28(25)26)21(3)34-22-14-17-37(4)18-15-22/h12-13,20,22-23,34H,3,6-11,14-19H2,1-2,4-5H3,(H,33,35,36). The third kappa shape index (κ3) is 4.82. The summed E-state index contributed by atoms with van der Waals surface area (Å²) in [6, 6.07) is 4.94. The molecule has 0 unspecified atom stereocenters. The zero-order chi connectivity index (χ0) is 28.7. The minimum atomic E-state index is -0.588. The molecule has 0 bridgehead atoms. The average Bonchev–Trinajstić information content (AvgIpc) is 3.69. The summed E-state index contributed by atoms with van der Waals surface area (Å²) in [6.45, 7) is 11.5. The summed E-state index contributed by atoms with van der Waals surface area (Å²) in [5.74, 6) is 2.36. The Kier molecular flexibility index (Phi) is 7.57. The molecule has 2 aromatic rings. The number of benzene rings is 1. The predicted octanol–water partition coefficient (Wildman–Crippen LogP) is 5.09. The van der Waals surface area contributed by atoms with Crippen molar-refractivity contribution in [3.8, 4) is 5.75 Å². The smallest absolute Gasteiger partial charge is 0.252 e. The Balaban J connectivity index is 1.30. The van der Waals surface area contributed by atoms with Gasteiger partial charge in [0.15, 0.2) is 5.82 Å². The van der Waals surface area contributed by atoms with Crippen LogP contribution < -0.4 is 25.2 Å². The molecule has 3 aliphatic heterocycles. The number of likely N-dealkylation sites (tertiary alicyclic amines) is 1. The fourth-order valence-electron chi connectivity index (χ4n) is 7.42. The summed E-state index contributed by atoms with van der Waals surface area (Å²) in [5, 5.41) is 7.16. The van der Waals surface area contributed by atoms with Crippen molar-refractivity contribution in [1.82, 2.24) is 20.2 Å². The fraction of sp³-hybridized carbons (Fsp3) is 0.594. The van der Waals surface area contributed by atoms with Gasteiger partial charge in [0.2, 0.25) is 5.95 Å². The van der Waals surface area contributed by atoms with Crippen molar-refractivity contribution < 1.29 is 9.53 Å². The molecule has 4 aliphatic rings. The summed E-state index contributed by atoms with van der Waals surface area (Å²) in [7, 11) is 4.04. The molecule has 9 nitrogen and oxygen atoms in total. The van der Waals surface area contributed by atoms with Gasteiger partial charge < -0.3 is 30.1 Å². The maximum Gasteiger partial charge on any atom is 0.252 e. The van der Waals surface area contributed by atoms with E-state index in [0.29, 0.717) is 24.6 Å². The van der Waals surface area contributed by atoms with Gasteiger partial charge in [0, 0.05) is 42.4 Å². The number of piperidine rings is 1. The third-order valence-corrected chi connectivity index (χ3v) is 9.89. The first-order chi connectivity index (χ1) is 19.9. The number of nitrogens with one attached hydrogen (secondary N) is 2. The number of carbonyl (C=O) groups is 1. The second-order valence-corrected chi connectivity index (χ2v) is 12.2. The number of anilines is 4. The van der Waals surface area contributed by atoms with Crippen molar-refractivity contribution in [3.05, 3.63) is 36.0 Å². The zero-order valence-electron chi connectivity index (χ0n) is 25.1. The van der Waals surface area contributed by atoms with Crippen LogP contribution >= 0.6 is 0 Å².